The Labute approximate surface area is 89.2 Å². The third-order valence-electron chi connectivity index (χ3n) is 3.51. The van der Waals surface area contributed by atoms with Crippen LogP contribution in [-0.4, -0.2) is 11.8 Å². The molecule has 0 saturated heterocycles. The Balaban J connectivity index is 2.64. The van der Waals surface area contributed by atoms with Gasteiger partial charge < -0.3 is 5.73 Å². The maximum absolute atomic E-state index is 12.7. The molecule has 1 atom stereocenters. The molecule has 1 amide bonds. The Morgan fingerprint density at radius 2 is 1.87 bits per heavy atom. The number of carbonyl (C=O) groups is 1. The number of nitrogens with two attached hydrogens (primary N) is 1. The summed E-state index contributed by atoms with van der Waals surface area (Å²) < 4.78 is 25.5. The van der Waals surface area contributed by atoms with E-state index in [1.807, 2.05) is 13.8 Å². The van der Waals surface area contributed by atoms with E-state index in [1.165, 1.54) is 0 Å². The zero-order valence-electron chi connectivity index (χ0n) is 9.30. The van der Waals surface area contributed by atoms with E-state index in [9.17, 15) is 13.6 Å². The van der Waals surface area contributed by atoms with Crippen LogP contribution in [0.15, 0.2) is 0 Å². The second-order valence-corrected chi connectivity index (χ2v) is 4.53. The van der Waals surface area contributed by atoms with Crippen molar-refractivity contribution in [3.63, 3.8) is 0 Å². The zero-order chi connectivity index (χ0) is 11.6. The van der Waals surface area contributed by atoms with Gasteiger partial charge in [-0.3, -0.25) is 4.79 Å². The second-order valence-electron chi connectivity index (χ2n) is 4.53. The van der Waals surface area contributed by atoms with Crippen molar-refractivity contribution in [3.05, 3.63) is 0 Å². The van der Waals surface area contributed by atoms with Crippen LogP contribution in [0.3, 0.4) is 0 Å². The third-order valence-corrected chi connectivity index (χ3v) is 3.51. The van der Waals surface area contributed by atoms with Gasteiger partial charge in [0.2, 0.25) is 11.8 Å². The molecule has 0 aromatic heterocycles. The lowest BCUT2D eigenvalue weighted by atomic mass is 9.67. The van der Waals surface area contributed by atoms with Crippen molar-refractivity contribution in [2.24, 2.45) is 23.5 Å². The fourth-order valence-electron chi connectivity index (χ4n) is 2.61. The lowest BCUT2D eigenvalue weighted by Crippen LogP contribution is -2.46. The van der Waals surface area contributed by atoms with Crippen molar-refractivity contribution in [1.82, 2.24) is 0 Å². The monoisotopic (exact) mass is 219 g/mol. The van der Waals surface area contributed by atoms with Gasteiger partial charge in [-0.25, -0.2) is 8.78 Å². The van der Waals surface area contributed by atoms with Gasteiger partial charge in [0.05, 0.1) is 0 Å². The molecule has 1 saturated carbocycles. The topological polar surface area (TPSA) is 43.1 Å². The Kier molecular flexibility index (Phi) is 3.68. The summed E-state index contributed by atoms with van der Waals surface area (Å²) in [5.74, 6) is -3.39. The van der Waals surface area contributed by atoms with Gasteiger partial charge in [0.1, 0.15) is 0 Å². The highest BCUT2D eigenvalue weighted by atomic mass is 19.3. The molecule has 2 N–H and O–H groups in total. The van der Waals surface area contributed by atoms with Gasteiger partial charge in [0.25, 0.3) is 0 Å². The van der Waals surface area contributed by atoms with Crippen LogP contribution in [-0.2, 0) is 4.79 Å². The first-order chi connectivity index (χ1) is 6.91. The quantitative estimate of drug-likeness (QED) is 0.758. The Hall–Kier alpha value is -0.670. The van der Waals surface area contributed by atoms with Crippen LogP contribution in [0.5, 0.6) is 0 Å². The first-order valence-corrected chi connectivity index (χ1v) is 5.58. The molecule has 88 valence electrons. The van der Waals surface area contributed by atoms with E-state index >= 15 is 0 Å². The number of amides is 1. The Bertz CT molecular complexity index is 231. The van der Waals surface area contributed by atoms with E-state index in [4.69, 9.17) is 5.73 Å². The first kappa shape index (κ1) is 12.4. The van der Waals surface area contributed by atoms with Gasteiger partial charge in [0.15, 0.2) is 0 Å². The van der Waals surface area contributed by atoms with Crippen LogP contribution in [0, 0.1) is 17.8 Å². The summed E-state index contributed by atoms with van der Waals surface area (Å²) in [6, 6.07) is 0. The average molecular weight is 219 g/mol. The van der Waals surface area contributed by atoms with E-state index in [0.717, 1.165) is 12.8 Å². The summed E-state index contributed by atoms with van der Waals surface area (Å²) in [4.78, 5) is 11.3. The van der Waals surface area contributed by atoms with E-state index in [-0.39, 0.29) is 30.6 Å². The fraction of sp³-hybridized carbons (Fsp3) is 0.909. The summed E-state index contributed by atoms with van der Waals surface area (Å²) in [6.45, 7) is 3.95. The van der Waals surface area contributed by atoms with Crippen LogP contribution in [0.2, 0.25) is 0 Å². The van der Waals surface area contributed by atoms with Crippen molar-refractivity contribution >= 4 is 5.91 Å². The smallest absolute Gasteiger partial charge is 0.248 e. The number of alkyl halides is 2. The molecule has 0 aliphatic heterocycles. The SMILES string of the molecule is CCC(CC)C(C(N)=O)C1CC(F)(F)C1. The number of hydrogen-bond donors (Lipinski definition) is 1. The summed E-state index contributed by atoms with van der Waals surface area (Å²) in [7, 11) is 0. The first-order valence-electron chi connectivity index (χ1n) is 5.58. The highest BCUT2D eigenvalue weighted by Gasteiger charge is 2.51. The predicted octanol–water partition coefficient (Wildman–Crippen LogP) is 2.57. The molecule has 1 unspecified atom stereocenters. The number of primary amides is 1. The highest BCUT2D eigenvalue weighted by molar-refractivity contribution is 5.77. The van der Waals surface area contributed by atoms with Gasteiger partial charge >= 0.3 is 0 Å². The number of rotatable bonds is 5. The van der Waals surface area contributed by atoms with Crippen LogP contribution < -0.4 is 5.73 Å². The van der Waals surface area contributed by atoms with Crippen LogP contribution in [0.4, 0.5) is 8.78 Å². The molecule has 1 fully saturated rings. The number of halogens is 2. The molecule has 0 aromatic rings. The van der Waals surface area contributed by atoms with Crippen molar-refractivity contribution in [1.29, 1.82) is 0 Å². The van der Waals surface area contributed by atoms with E-state index in [2.05, 4.69) is 0 Å². The highest BCUT2D eigenvalue weighted by Crippen LogP contribution is 2.48. The number of hydrogen-bond acceptors (Lipinski definition) is 1. The summed E-state index contributed by atoms with van der Waals surface area (Å²) in [5.41, 5.74) is 5.30. The van der Waals surface area contributed by atoms with Crippen molar-refractivity contribution in [2.45, 2.75) is 45.5 Å². The molecule has 0 radical (unpaired) electrons. The maximum Gasteiger partial charge on any atom is 0.248 e. The molecule has 4 heteroatoms. The Morgan fingerprint density at radius 1 is 1.40 bits per heavy atom. The molecular weight excluding hydrogens is 200 g/mol. The van der Waals surface area contributed by atoms with E-state index in [1.54, 1.807) is 0 Å². The number of carbonyl (C=O) groups excluding carboxylic acids is 1. The predicted molar refractivity (Wildman–Crippen MR) is 54.4 cm³/mol. The van der Waals surface area contributed by atoms with Gasteiger partial charge in [0, 0.05) is 18.8 Å². The third kappa shape index (κ3) is 2.67. The fourth-order valence-corrected chi connectivity index (χ4v) is 2.61. The summed E-state index contributed by atoms with van der Waals surface area (Å²) in [5, 5.41) is 0. The van der Waals surface area contributed by atoms with Crippen molar-refractivity contribution in [3.8, 4) is 0 Å². The van der Waals surface area contributed by atoms with Crippen molar-refractivity contribution in [2.75, 3.05) is 0 Å². The summed E-state index contributed by atoms with van der Waals surface area (Å²) >= 11 is 0. The molecule has 2 nitrogen and oxygen atoms in total. The summed E-state index contributed by atoms with van der Waals surface area (Å²) in [6.07, 6.45) is 1.31. The lowest BCUT2D eigenvalue weighted by Gasteiger charge is -2.41. The largest absolute Gasteiger partial charge is 0.369 e. The van der Waals surface area contributed by atoms with E-state index < -0.39 is 11.8 Å². The standard InChI is InChI=1S/C11H19F2NO/c1-3-7(4-2)9(10(14)15)8-5-11(12,13)6-8/h7-9H,3-6H2,1-2H3,(H2,14,15). The lowest BCUT2D eigenvalue weighted by molar-refractivity contribution is -0.149. The van der Waals surface area contributed by atoms with Crippen molar-refractivity contribution < 1.29 is 13.6 Å². The van der Waals surface area contributed by atoms with Gasteiger partial charge in [-0.15, -0.1) is 0 Å². The van der Waals surface area contributed by atoms with E-state index in [0.29, 0.717) is 0 Å². The molecule has 1 rings (SSSR count). The van der Waals surface area contributed by atoms with Crippen LogP contribution >= 0.6 is 0 Å². The molecular formula is C11H19F2NO. The van der Waals surface area contributed by atoms with Crippen LogP contribution in [0.1, 0.15) is 39.5 Å². The minimum atomic E-state index is -2.57. The molecule has 0 spiro atoms. The zero-order valence-corrected chi connectivity index (χ0v) is 9.30. The van der Waals surface area contributed by atoms with Gasteiger partial charge in [-0.2, -0.15) is 0 Å². The maximum atomic E-state index is 12.7. The molecule has 0 heterocycles. The van der Waals surface area contributed by atoms with Gasteiger partial charge in [-0.05, 0) is 11.8 Å². The molecule has 15 heavy (non-hydrogen) atoms. The normalized spacial score (nSPS) is 22.5. The Morgan fingerprint density at radius 3 is 2.13 bits per heavy atom. The average Bonchev–Trinajstić information content (AvgIpc) is 2.09. The molecule has 1 aliphatic rings. The molecule has 0 bridgehead atoms. The molecule has 1 aliphatic carbocycles. The van der Waals surface area contributed by atoms with Gasteiger partial charge in [-0.1, -0.05) is 26.7 Å². The molecule has 0 aromatic carbocycles. The minimum absolute atomic E-state index is 0.156. The van der Waals surface area contributed by atoms with Crippen LogP contribution in [0.25, 0.3) is 0 Å². The minimum Gasteiger partial charge on any atom is -0.369 e. The second kappa shape index (κ2) is 4.45.